The summed E-state index contributed by atoms with van der Waals surface area (Å²) in [5.74, 6) is -0.277. The molecule has 0 aromatic rings. The number of halogens is 2. The molecule has 0 spiro atoms. The van der Waals surface area contributed by atoms with Gasteiger partial charge in [0.15, 0.2) is 0 Å². The van der Waals surface area contributed by atoms with E-state index in [2.05, 4.69) is 4.52 Å². The second-order valence-electron chi connectivity index (χ2n) is 5.10. The Hall–Kier alpha value is 0.147. The first kappa shape index (κ1) is 22.1. The molecule has 0 aliphatic rings. The first-order chi connectivity index (χ1) is 10.2. The molecule has 134 valence electrons. The quantitative estimate of drug-likeness (QED) is 0.236. The minimum absolute atomic E-state index is 0.157. The predicted molar refractivity (Wildman–Crippen MR) is 85.2 cm³/mol. The van der Waals surface area contributed by atoms with Crippen LogP contribution in [0, 0.1) is 0 Å². The molecule has 9 heteroatoms. The molecule has 0 bridgehead atoms. The second kappa shape index (κ2) is 10.8. The lowest BCUT2D eigenvalue weighted by molar-refractivity contribution is -0.0828. The molecule has 0 heterocycles. The Morgan fingerprint density at radius 1 is 1.23 bits per heavy atom. The van der Waals surface area contributed by atoms with E-state index in [4.69, 9.17) is 9.47 Å². The molecule has 0 rings (SSSR count). The van der Waals surface area contributed by atoms with E-state index in [1.165, 1.54) is 6.92 Å². The minimum atomic E-state index is -4.94. The van der Waals surface area contributed by atoms with Gasteiger partial charge in [0.05, 0.1) is 15.6 Å². The van der Waals surface area contributed by atoms with Crippen molar-refractivity contribution in [1.29, 1.82) is 0 Å². The van der Waals surface area contributed by atoms with Crippen molar-refractivity contribution in [1.82, 2.24) is 0 Å². The molecule has 0 fully saturated rings. The Bertz CT molecular complexity index is 340. The van der Waals surface area contributed by atoms with Crippen molar-refractivity contribution >= 4 is 17.1 Å². The summed E-state index contributed by atoms with van der Waals surface area (Å²) >= 11 is 0. The van der Waals surface area contributed by atoms with Crippen LogP contribution in [0.3, 0.4) is 0 Å². The summed E-state index contributed by atoms with van der Waals surface area (Å²) < 4.78 is 54.7. The number of hydrogen-bond acceptors (Lipinski definition) is 4. The van der Waals surface area contributed by atoms with Gasteiger partial charge in [-0.2, -0.15) is 8.78 Å². The molecule has 2 unspecified atom stereocenters. The van der Waals surface area contributed by atoms with Gasteiger partial charge in [-0.1, -0.05) is 13.0 Å². The summed E-state index contributed by atoms with van der Waals surface area (Å²) in [6, 6.07) is 0.559. The largest absolute Gasteiger partial charge is 0.397 e. The zero-order chi connectivity index (χ0) is 17.2. The van der Waals surface area contributed by atoms with Crippen LogP contribution in [0.25, 0.3) is 0 Å². The second-order valence-corrected chi connectivity index (χ2v) is 8.95. The first-order valence-electron chi connectivity index (χ1n) is 7.82. The Balaban J connectivity index is 4.28. The predicted octanol–water partition coefficient (Wildman–Crippen LogP) is 3.30. The van der Waals surface area contributed by atoms with Gasteiger partial charge >= 0.3 is 13.3 Å². The lowest BCUT2D eigenvalue weighted by atomic mass is 10.3. The maximum absolute atomic E-state index is 13.8. The van der Waals surface area contributed by atoms with E-state index in [0.29, 0.717) is 25.7 Å². The third-order valence-corrected chi connectivity index (χ3v) is 6.73. The van der Waals surface area contributed by atoms with Gasteiger partial charge in [0.1, 0.15) is 5.91 Å². The highest BCUT2D eigenvalue weighted by atomic mass is 31.2. The lowest BCUT2D eigenvalue weighted by Gasteiger charge is -2.24. The highest BCUT2D eigenvalue weighted by Gasteiger charge is 2.50. The van der Waals surface area contributed by atoms with E-state index < -0.39 is 35.3 Å². The van der Waals surface area contributed by atoms with Gasteiger partial charge in [-0.05, 0) is 33.6 Å². The fraction of sp³-hybridized carbons (Fsp3) is 1.00. The zero-order valence-electron chi connectivity index (χ0n) is 13.9. The summed E-state index contributed by atoms with van der Waals surface area (Å²) in [7, 11) is -5.76. The van der Waals surface area contributed by atoms with Crippen molar-refractivity contribution in [3.05, 3.63) is 0 Å². The topological polar surface area (TPSA) is 65.0 Å². The molecule has 0 amide bonds. The third-order valence-electron chi connectivity index (χ3n) is 3.18. The fourth-order valence-electron chi connectivity index (χ4n) is 1.77. The monoisotopic (exact) mass is 362 g/mol. The van der Waals surface area contributed by atoms with Crippen molar-refractivity contribution < 1.29 is 32.2 Å². The van der Waals surface area contributed by atoms with Gasteiger partial charge < -0.3 is 18.9 Å². The minimum Gasteiger partial charge on any atom is -0.357 e. The average molecular weight is 362 g/mol. The van der Waals surface area contributed by atoms with Crippen LogP contribution in [0.4, 0.5) is 8.78 Å². The van der Waals surface area contributed by atoms with E-state index in [0.717, 1.165) is 0 Å². The molecule has 22 heavy (non-hydrogen) atoms. The van der Waals surface area contributed by atoms with Crippen LogP contribution in [0.15, 0.2) is 0 Å². The lowest BCUT2D eigenvalue weighted by Crippen LogP contribution is -2.25. The maximum Gasteiger partial charge on any atom is 0.397 e. The van der Waals surface area contributed by atoms with Crippen LogP contribution in [-0.4, -0.2) is 45.3 Å². The molecule has 0 aromatic carbocycles. The molecule has 0 aliphatic heterocycles. The van der Waals surface area contributed by atoms with E-state index in [1.807, 2.05) is 13.8 Å². The summed E-state index contributed by atoms with van der Waals surface area (Å²) in [5.41, 5.74) is -3.71. The van der Waals surface area contributed by atoms with E-state index in [-0.39, 0.29) is 12.3 Å². The average Bonchev–Trinajstić information content (AvgIpc) is 2.43. The van der Waals surface area contributed by atoms with Crippen LogP contribution >= 0.6 is 7.60 Å². The molecule has 5 nitrogen and oxygen atoms in total. The number of alkyl halides is 2. The molecule has 0 saturated carbocycles. The molecule has 2 atom stereocenters. The molecular formula is C13H29F2O5PSi. The van der Waals surface area contributed by atoms with Crippen molar-refractivity contribution in [2.75, 3.05) is 13.2 Å². The highest BCUT2D eigenvalue weighted by Crippen LogP contribution is 2.60. The van der Waals surface area contributed by atoms with Crippen molar-refractivity contribution in [2.24, 2.45) is 0 Å². The normalized spacial score (nSPS) is 17.3. The van der Waals surface area contributed by atoms with Crippen molar-refractivity contribution in [3.8, 4) is 0 Å². The van der Waals surface area contributed by atoms with Crippen LogP contribution < -0.4 is 0 Å². The Kier molecular flexibility index (Phi) is 10.9. The van der Waals surface area contributed by atoms with Crippen molar-refractivity contribution in [3.63, 3.8) is 0 Å². The first-order valence-corrected chi connectivity index (χ1v) is 11.2. The van der Waals surface area contributed by atoms with Crippen LogP contribution in [0.5, 0.6) is 0 Å². The molecule has 0 aromatic heterocycles. The van der Waals surface area contributed by atoms with E-state index in [9.17, 15) is 18.2 Å². The fourth-order valence-corrected chi connectivity index (χ4v) is 4.68. The molecule has 0 saturated heterocycles. The molecule has 0 aliphatic carbocycles. The summed E-state index contributed by atoms with van der Waals surface area (Å²) in [4.78, 5) is 9.47. The van der Waals surface area contributed by atoms with E-state index >= 15 is 0 Å². The van der Waals surface area contributed by atoms with Gasteiger partial charge in [-0.15, -0.1) is 0 Å². The molecule has 1 N–H and O–H groups in total. The zero-order valence-corrected chi connectivity index (χ0v) is 16.2. The third kappa shape index (κ3) is 8.13. The molecule has 0 radical (unpaired) electrons. The van der Waals surface area contributed by atoms with Gasteiger partial charge in [-0.25, -0.2) is 0 Å². The Labute approximate surface area is 134 Å². The number of rotatable bonds is 13. The summed E-state index contributed by atoms with van der Waals surface area (Å²) in [6.45, 7) is 7.94. The van der Waals surface area contributed by atoms with E-state index in [1.54, 1.807) is 6.92 Å². The van der Waals surface area contributed by atoms with Gasteiger partial charge in [0.2, 0.25) is 0 Å². The molecular weight excluding hydrogens is 333 g/mol. The summed E-state index contributed by atoms with van der Waals surface area (Å²) in [6.07, 6.45) is -0.770. The van der Waals surface area contributed by atoms with Crippen LogP contribution in [-0.2, 0) is 18.6 Å². The highest BCUT2D eigenvalue weighted by molar-refractivity contribution is 7.54. The summed E-state index contributed by atoms with van der Waals surface area (Å²) in [5, 5.41) is 0. The SMILES string of the molecule is CCOC(OCC)[SiH2]CCCC(F)(F)P(=O)(O)OC(C)CC. The van der Waals surface area contributed by atoms with Crippen molar-refractivity contribution in [2.45, 2.75) is 70.7 Å². The Morgan fingerprint density at radius 2 is 1.77 bits per heavy atom. The van der Waals surface area contributed by atoms with Gasteiger partial charge in [0, 0.05) is 19.6 Å². The number of ether oxygens (including phenoxy) is 2. The number of hydrogen-bond donors (Lipinski definition) is 1. The van der Waals surface area contributed by atoms with Gasteiger partial charge in [-0.3, -0.25) is 4.57 Å². The van der Waals surface area contributed by atoms with Crippen LogP contribution in [0.1, 0.15) is 47.0 Å². The smallest absolute Gasteiger partial charge is 0.357 e. The van der Waals surface area contributed by atoms with Gasteiger partial charge in [0.25, 0.3) is 0 Å². The standard InChI is InChI=1S/C13H29F2O5PSi/c1-5-11(4)20-21(16,17)13(14,15)9-8-10-22-12(18-6-2)19-7-3/h11-12H,5-10,22H2,1-4H3,(H,16,17). The maximum atomic E-state index is 13.8. The Morgan fingerprint density at radius 3 is 2.23 bits per heavy atom. The van der Waals surface area contributed by atoms with Crippen LogP contribution in [0.2, 0.25) is 6.04 Å².